The van der Waals surface area contributed by atoms with Crippen molar-refractivity contribution in [3.05, 3.63) is 24.8 Å². The zero-order chi connectivity index (χ0) is 9.60. The molecule has 0 aromatic heterocycles. The van der Waals surface area contributed by atoms with Crippen molar-refractivity contribution >= 4 is 0 Å². The average molecular weight is 190 g/mol. The van der Waals surface area contributed by atoms with Crippen molar-refractivity contribution < 1.29 is 4.74 Å². The normalized spacial score (nSPS) is 48.4. The molecule has 1 heteroatoms. The molecule has 0 amide bonds. The Hall–Kier alpha value is -0.560. The molecule has 0 aromatic carbocycles. The highest BCUT2D eigenvalue weighted by Crippen LogP contribution is 2.60. The Balaban J connectivity index is 1.84. The van der Waals surface area contributed by atoms with E-state index in [0.717, 1.165) is 24.4 Å². The third-order valence-corrected chi connectivity index (χ3v) is 4.46. The van der Waals surface area contributed by atoms with Gasteiger partial charge in [-0.05, 0) is 37.5 Å². The second kappa shape index (κ2) is 2.96. The summed E-state index contributed by atoms with van der Waals surface area (Å²) in [6, 6.07) is 0. The zero-order valence-corrected chi connectivity index (χ0v) is 8.61. The Labute approximate surface area is 85.8 Å². The topological polar surface area (TPSA) is 9.23 Å². The molecule has 0 heterocycles. The van der Waals surface area contributed by atoms with E-state index in [2.05, 4.69) is 18.7 Å². The lowest BCUT2D eigenvalue weighted by Crippen LogP contribution is -2.36. The van der Waals surface area contributed by atoms with E-state index >= 15 is 0 Å². The van der Waals surface area contributed by atoms with Crippen LogP contribution in [-0.2, 0) is 4.74 Å². The van der Waals surface area contributed by atoms with Crippen molar-refractivity contribution in [2.45, 2.75) is 31.3 Å². The first-order chi connectivity index (χ1) is 6.86. The first-order valence-electron chi connectivity index (χ1n) is 5.77. The van der Waals surface area contributed by atoms with Crippen LogP contribution in [0.15, 0.2) is 24.8 Å². The summed E-state index contributed by atoms with van der Waals surface area (Å²) in [7, 11) is 0. The highest BCUT2D eigenvalue weighted by molar-refractivity contribution is 5.19. The van der Waals surface area contributed by atoms with Crippen molar-refractivity contribution in [1.29, 1.82) is 0 Å². The van der Waals surface area contributed by atoms with E-state index in [4.69, 9.17) is 4.74 Å². The lowest BCUT2D eigenvalue weighted by atomic mass is 9.79. The van der Waals surface area contributed by atoms with Gasteiger partial charge in [-0.25, -0.2) is 0 Å². The number of hydrogen-bond donors (Lipinski definition) is 0. The van der Waals surface area contributed by atoms with E-state index in [-0.39, 0.29) is 5.60 Å². The van der Waals surface area contributed by atoms with Gasteiger partial charge in [-0.3, -0.25) is 0 Å². The number of allylic oxidation sites excluding steroid dienone is 1. The summed E-state index contributed by atoms with van der Waals surface area (Å²) in [5.41, 5.74) is 0.205. The summed E-state index contributed by atoms with van der Waals surface area (Å²) in [6.07, 6.45) is 11.9. The lowest BCUT2D eigenvalue weighted by molar-refractivity contribution is -0.0525. The van der Waals surface area contributed by atoms with Gasteiger partial charge in [-0.2, -0.15) is 0 Å². The SMILES string of the molecule is C=CCOC12CCC(C1)C1CC=CC12. The Morgan fingerprint density at radius 1 is 1.57 bits per heavy atom. The van der Waals surface area contributed by atoms with Crippen LogP contribution < -0.4 is 0 Å². The Morgan fingerprint density at radius 2 is 2.50 bits per heavy atom. The fourth-order valence-corrected chi connectivity index (χ4v) is 3.92. The highest BCUT2D eigenvalue weighted by atomic mass is 16.5. The van der Waals surface area contributed by atoms with Crippen LogP contribution in [0.2, 0.25) is 0 Å². The zero-order valence-electron chi connectivity index (χ0n) is 8.61. The van der Waals surface area contributed by atoms with Crippen LogP contribution >= 0.6 is 0 Å². The molecular formula is C13H18O. The summed E-state index contributed by atoms with van der Waals surface area (Å²) in [4.78, 5) is 0. The maximum atomic E-state index is 6.08. The molecule has 2 saturated carbocycles. The standard InChI is InChI=1S/C13H18O/c1-2-8-14-13-7-6-10(9-13)11-4-3-5-12(11)13/h2-3,5,10-12H,1,4,6-9H2. The Morgan fingerprint density at radius 3 is 3.36 bits per heavy atom. The van der Waals surface area contributed by atoms with Gasteiger partial charge in [-0.15, -0.1) is 6.58 Å². The van der Waals surface area contributed by atoms with Crippen LogP contribution in [0, 0.1) is 17.8 Å². The van der Waals surface area contributed by atoms with Gasteiger partial charge in [0, 0.05) is 5.92 Å². The molecular weight excluding hydrogens is 172 g/mol. The van der Waals surface area contributed by atoms with Gasteiger partial charge >= 0.3 is 0 Å². The predicted octanol–water partition coefficient (Wildman–Crippen LogP) is 2.93. The van der Waals surface area contributed by atoms with E-state index in [1.54, 1.807) is 0 Å². The number of ether oxygens (including phenoxy) is 1. The van der Waals surface area contributed by atoms with Crippen LogP contribution in [0.5, 0.6) is 0 Å². The van der Waals surface area contributed by atoms with Crippen molar-refractivity contribution in [2.75, 3.05) is 6.61 Å². The third-order valence-electron chi connectivity index (χ3n) is 4.46. The lowest BCUT2D eigenvalue weighted by Gasteiger charge is -2.35. The van der Waals surface area contributed by atoms with Gasteiger partial charge in [0.05, 0.1) is 12.2 Å². The highest BCUT2D eigenvalue weighted by Gasteiger charge is 2.58. The van der Waals surface area contributed by atoms with E-state index in [9.17, 15) is 0 Å². The molecule has 0 N–H and O–H groups in total. The van der Waals surface area contributed by atoms with Crippen LogP contribution in [-0.4, -0.2) is 12.2 Å². The average Bonchev–Trinajstić information content (AvgIpc) is 2.86. The fraction of sp³-hybridized carbons (Fsp3) is 0.692. The van der Waals surface area contributed by atoms with Crippen molar-refractivity contribution in [3.63, 3.8) is 0 Å². The molecule has 14 heavy (non-hydrogen) atoms. The molecule has 2 bridgehead atoms. The molecule has 4 unspecified atom stereocenters. The van der Waals surface area contributed by atoms with Crippen molar-refractivity contribution in [3.8, 4) is 0 Å². The fourth-order valence-electron chi connectivity index (χ4n) is 3.92. The molecule has 0 saturated heterocycles. The third kappa shape index (κ3) is 0.993. The van der Waals surface area contributed by atoms with Crippen LogP contribution in [0.25, 0.3) is 0 Å². The molecule has 4 atom stereocenters. The summed E-state index contributed by atoms with van der Waals surface area (Å²) >= 11 is 0. The minimum Gasteiger partial charge on any atom is -0.370 e. The molecule has 1 nitrogen and oxygen atoms in total. The molecule has 0 spiro atoms. The van der Waals surface area contributed by atoms with Gasteiger partial charge in [0.25, 0.3) is 0 Å². The first kappa shape index (κ1) is 8.72. The molecule has 0 radical (unpaired) electrons. The summed E-state index contributed by atoms with van der Waals surface area (Å²) < 4.78 is 6.08. The van der Waals surface area contributed by atoms with E-state index in [1.165, 1.54) is 25.7 Å². The van der Waals surface area contributed by atoms with E-state index in [1.807, 2.05) is 6.08 Å². The Bertz CT molecular complexity index is 281. The molecule has 2 fully saturated rings. The first-order valence-corrected chi connectivity index (χ1v) is 5.77. The van der Waals surface area contributed by atoms with Crippen molar-refractivity contribution in [2.24, 2.45) is 17.8 Å². The minimum absolute atomic E-state index is 0.205. The number of fused-ring (bicyclic) bond motifs is 5. The Kier molecular flexibility index (Phi) is 1.85. The van der Waals surface area contributed by atoms with Crippen LogP contribution in [0.3, 0.4) is 0 Å². The maximum Gasteiger partial charge on any atom is 0.0754 e. The van der Waals surface area contributed by atoms with Gasteiger partial charge in [0.1, 0.15) is 0 Å². The predicted molar refractivity (Wildman–Crippen MR) is 57.0 cm³/mol. The molecule has 3 aliphatic carbocycles. The van der Waals surface area contributed by atoms with Crippen LogP contribution in [0.1, 0.15) is 25.7 Å². The van der Waals surface area contributed by atoms with Gasteiger partial charge in [-0.1, -0.05) is 18.2 Å². The maximum absolute atomic E-state index is 6.08. The monoisotopic (exact) mass is 190 g/mol. The second-order valence-electron chi connectivity index (χ2n) is 5.02. The van der Waals surface area contributed by atoms with Gasteiger partial charge in [0.15, 0.2) is 0 Å². The molecule has 3 aliphatic rings. The summed E-state index contributed by atoms with van der Waals surface area (Å²) in [5.74, 6) is 2.58. The summed E-state index contributed by atoms with van der Waals surface area (Å²) in [6.45, 7) is 4.47. The minimum atomic E-state index is 0.205. The molecule has 0 aromatic rings. The smallest absolute Gasteiger partial charge is 0.0754 e. The van der Waals surface area contributed by atoms with Gasteiger partial charge < -0.3 is 4.74 Å². The van der Waals surface area contributed by atoms with Gasteiger partial charge in [0.2, 0.25) is 0 Å². The number of rotatable bonds is 3. The largest absolute Gasteiger partial charge is 0.370 e. The van der Waals surface area contributed by atoms with E-state index < -0.39 is 0 Å². The van der Waals surface area contributed by atoms with Crippen LogP contribution in [0.4, 0.5) is 0 Å². The molecule has 3 rings (SSSR count). The quantitative estimate of drug-likeness (QED) is 0.622. The summed E-state index contributed by atoms with van der Waals surface area (Å²) in [5, 5.41) is 0. The molecule has 0 aliphatic heterocycles. The molecule has 76 valence electrons. The number of hydrogen-bond acceptors (Lipinski definition) is 1. The van der Waals surface area contributed by atoms with Crippen molar-refractivity contribution in [1.82, 2.24) is 0 Å². The van der Waals surface area contributed by atoms with E-state index in [0.29, 0.717) is 0 Å². The second-order valence-corrected chi connectivity index (χ2v) is 5.02.